The third-order valence-electron chi connectivity index (χ3n) is 1.42. The fraction of sp³-hybridized carbons (Fsp3) is 0.714. The summed E-state index contributed by atoms with van der Waals surface area (Å²) in [5.74, 6) is -0.817. The van der Waals surface area contributed by atoms with E-state index in [0.717, 1.165) is 0 Å². The molecule has 0 amide bonds. The first-order valence-corrected chi connectivity index (χ1v) is 3.48. The Hall–Kier alpha value is -1.06. The minimum atomic E-state index is -0.458. The fourth-order valence-electron chi connectivity index (χ4n) is 0.524. The Bertz CT molecular complexity index is 165. The molecular formula is C7H13NO3. The number of oxime groups is 1. The monoisotopic (exact) mass is 159 g/mol. The first kappa shape index (κ1) is 9.94. The molecule has 0 aliphatic heterocycles. The average molecular weight is 159 g/mol. The average Bonchev–Trinajstić information content (AvgIpc) is 2.02. The Kier molecular flexibility index (Phi) is 4.26. The topological polar surface area (TPSA) is 58.9 Å². The van der Waals surface area contributed by atoms with Crippen molar-refractivity contribution in [3.63, 3.8) is 0 Å². The van der Waals surface area contributed by atoms with Crippen molar-refractivity contribution >= 4 is 11.7 Å². The minimum Gasteiger partial charge on any atom is -0.465 e. The first-order valence-electron chi connectivity index (χ1n) is 3.48. The molecule has 0 aliphatic carbocycles. The Labute approximate surface area is 65.8 Å². The summed E-state index contributed by atoms with van der Waals surface area (Å²) in [5, 5.41) is 11.2. The largest absolute Gasteiger partial charge is 0.465 e. The number of ether oxygens (including phenoxy) is 1. The number of esters is 1. The summed E-state index contributed by atoms with van der Waals surface area (Å²) in [4.78, 5) is 10.9. The summed E-state index contributed by atoms with van der Waals surface area (Å²) in [5.41, 5.74) is 0.364. The van der Waals surface area contributed by atoms with Crippen LogP contribution in [0.3, 0.4) is 0 Å². The summed E-state index contributed by atoms with van der Waals surface area (Å²) >= 11 is 0. The fourth-order valence-corrected chi connectivity index (χ4v) is 0.524. The highest BCUT2D eigenvalue weighted by Crippen LogP contribution is 2.00. The van der Waals surface area contributed by atoms with Gasteiger partial charge in [0.1, 0.15) is 0 Å². The van der Waals surface area contributed by atoms with E-state index in [1.807, 2.05) is 0 Å². The van der Waals surface area contributed by atoms with Crippen LogP contribution in [-0.2, 0) is 9.53 Å². The molecule has 4 nitrogen and oxygen atoms in total. The molecule has 0 bridgehead atoms. The summed E-state index contributed by atoms with van der Waals surface area (Å²) in [6.45, 7) is 5.28. The smallest absolute Gasteiger partial charge is 0.314 e. The molecule has 0 aromatic heterocycles. The van der Waals surface area contributed by atoms with Crippen LogP contribution in [0.15, 0.2) is 5.16 Å². The molecule has 0 aromatic rings. The summed E-state index contributed by atoms with van der Waals surface area (Å²) in [6.07, 6.45) is 0. The van der Waals surface area contributed by atoms with Crippen LogP contribution in [0.2, 0.25) is 0 Å². The molecule has 64 valence electrons. The van der Waals surface area contributed by atoms with Gasteiger partial charge in [-0.05, 0) is 20.8 Å². The van der Waals surface area contributed by atoms with Crippen molar-refractivity contribution < 1.29 is 14.7 Å². The first-order chi connectivity index (χ1) is 5.13. The van der Waals surface area contributed by atoms with E-state index in [-0.39, 0.29) is 5.97 Å². The third kappa shape index (κ3) is 3.02. The zero-order valence-electron chi connectivity index (χ0n) is 7.00. The van der Waals surface area contributed by atoms with Gasteiger partial charge in [-0.2, -0.15) is 0 Å². The quantitative estimate of drug-likeness (QED) is 0.289. The van der Waals surface area contributed by atoms with Crippen molar-refractivity contribution in [1.82, 2.24) is 0 Å². The van der Waals surface area contributed by atoms with Crippen LogP contribution in [0, 0.1) is 5.92 Å². The van der Waals surface area contributed by atoms with Crippen LogP contribution in [0.4, 0.5) is 0 Å². The Morgan fingerprint density at radius 2 is 2.27 bits per heavy atom. The molecule has 0 saturated carbocycles. The van der Waals surface area contributed by atoms with E-state index in [4.69, 9.17) is 9.94 Å². The summed E-state index contributed by atoms with van der Waals surface area (Å²) in [6, 6.07) is 0. The van der Waals surface area contributed by atoms with Gasteiger partial charge in [-0.15, -0.1) is 0 Å². The second kappa shape index (κ2) is 4.71. The van der Waals surface area contributed by atoms with Crippen molar-refractivity contribution in [2.24, 2.45) is 11.1 Å². The van der Waals surface area contributed by atoms with Gasteiger partial charge in [0.25, 0.3) is 0 Å². The molecule has 1 atom stereocenters. The van der Waals surface area contributed by atoms with E-state index < -0.39 is 5.92 Å². The van der Waals surface area contributed by atoms with Gasteiger partial charge in [-0.3, -0.25) is 4.79 Å². The molecular weight excluding hydrogens is 146 g/mol. The highest BCUT2D eigenvalue weighted by atomic mass is 16.5. The second-order valence-corrected chi connectivity index (χ2v) is 2.22. The van der Waals surface area contributed by atoms with Gasteiger partial charge in [0.15, 0.2) is 0 Å². The second-order valence-electron chi connectivity index (χ2n) is 2.22. The standard InChI is InChI=1S/C7H13NO3/c1-4-11-7(9)5(2)6(3)8-10/h5,10H,4H2,1-3H3. The van der Waals surface area contributed by atoms with Gasteiger partial charge in [0, 0.05) is 0 Å². The predicted octanol–water partition coefficient (Wildman–Crippen LogP) is 1.04. The molecule has 0 aromatic carbocycles. The van der Waals surface area contributed by atoms with Crippen molar-refractivity contribution in [2.45, 2.75) is 20.8 Å². The molecule has 1 N–H and O–H groups in total. The van der Waals surface area contributed by atoms with Gasteiger partial charge in [0.05, 0.1) is 18.2 Å². The molecule has 0 rings (SSSR count). The SMILES string of the molecule is CCOC(=O)C(C)C(C)=NO. The van der Waals surface area contributed by atoms with Crippen LogP contribution in [0.5, 0.6) is 0 Å². The molecule has 11 heavy (non-hydrogen) atoms. The van der Waals surface area contributed by atoms with Crippen molar-refractivity contribution in [1.29, 1.82) is 0 Å². The molecule has 0 aliphatic rings. The molecule has 4 heteroatoms. The minimum absolute atomic E-state index is 0.349. The molecule has 0 saturated heterocycles. The Morgan fingerprint density at radius 3 is 2.64 bits per heavy atom. The van der Waals surface area contributed by atoms with Crippen LogP contribution in [0.1, 0.15) is 20.8 Å². The number of nitrogens with zero attached hydrogens (tertiary/aromatic N) is 1. The maximum atomic E-state index is 10.9. The zero-order valence-corrected chi connectivity index (χ0v) is 7.00. The molecule has 1 unspecified atom stereocenters. The van der Waals surface area contributed by atoms with E-state index >= 15 is 0 Å². The summed E-state index contributed by atoms with van der Waals surface area (Å²) in [7, 11) is 0. The lowest BCUT2D eigenvalue weighted by Crippen LogP contribution is -2.21. The van der Waals surface area contributed by atoms with Crippen molar-refractivity contribution in [3.8, 4) is 0 Å². The number of hydrogen-bond acceptors (Lipinski definition) is 4. The van der Waals surface area contributed by atoms with Gasteiger partial charge in [-0.25, -0.2) is 0 Å². The number of carbonyl (C=O) groups is 1. The van der Waals surface area contributed by atoms with E-state index in [1.54, 1.807) is 20.8 Å². The lowest BCUT2D eigenvalue weighted by atomic mass is 10.1. The lowest BCUT2D eigenvalue weighted by molar-refractivity contribution is -0.145. The number of carbonyl (C=O) groups excluding carboxylic acids is 1. The predicted molar refractivity (Wildman–Crippen MR) is 40.7 cm³/mol. The maximum Gasteiger partial charge on any atom is 0.314 e. The van der Waals surface area contributed by atoms with Gasteiger partial charge in [-0.1, -0.05) is 5.16 Å². The van der Waals surface area contributed by atoms with Crippen molar-refractivity contribution in [3.05, 3.63) is 0 Å². The van der Waals surface area contributed by atoms with Crippen molar-refractivity contribution in [2.75, 3.05) is 6.61 Å². The zero-order chi connectivity index (χ0) is 8.85. The molecule has 0 heterocycles. The van der Waals surface area contributed by atoms with E-state index in [0.29, 0.717) is 12.3 Å². The van der Waals surface area contributed by atoms with Gasteiger partial charge in [0.2, 0.25) is 0 Å². The normalized spacial score (nSPS) is 14.3. The summed E-state index contributed by atoms with van der Waals surface area (Å²) < 4.78 is 4.70. The lowest BCUT2D eigenvalue weighted by Gasteiger charge is -2.07. The molecule has 0 fully saturated rings. The van der Waals surface area contributed by atoms with E-state index in [1.165, 1.54) is 0 Å². The van der Waals surface area contributed by atoms with Crippen LogP contribution >= 0.6 is 0 Å². The number of rotatable bonds is 3. The third-order valence-corrected chi connectivity index (χ3v) is 1.42. The maximum absolute atomic E-state index is 10.9. The highest BCUT2D eigenvalue weighted by molar-refractivity contribution is 6.00. The Morgan fingerprint density at radius 1 is 1.73 bits per heavy atom. The molecule has 0 spiro atoms. The van der Waals surface area contributed by atoms with E-state index in [2.05, 4.69) is 5.16 Å². The van der Waals surface area contributed by atoms with Crippen LogP contribution in [0.25, 0.3) is 0 Å². The number of hydrogen-bond donors (Lipinski definition) is 1. The van der Waals surface area contributed by atoms with Crippen LogP contribution < -0.4 is 0 Å². The van der Waals surface area contributed by atoms with Gasteiger partial charge >= 0.3 is 5.97 Å². The van der Waals surface area contributed by atoms with E-state index in [9.17, 15) is 4.79 Å². The highest BCUT2D eigenvalue weighted by Gasteiger charge is 2.16. The molecule has 0 radical (unpaired) electrons. The van der Waals surface area contributed by atoms with Crippen LogP contribution in [-0.4, -0.2) is 23.5 Å². The van der Waals surface area contributed by atoms with Gasteiger partial charge < -0.3 is 9.94 Å². The Balaban J connectivity index is 4.02.